The first-order valence-electron chi connectivity index (χ1n) is 11.0. The van der Waals surface area contributed by atoms with Crippen molar-refractivity contribution in [3.8, 4) is 11.5 Å². The van der Waals surface area contributed by atoms with Gasteiger partial charge in [0, 0.05) is 11.7 Å². The molecule has 156 valence electrons. The summed E-state index contributed by atoms with van der Waals surface area (Å²) in [6, 6.07) is 8.10. The van der Waals surface area contributed by atoms with Crippen LogP contribution in [-0.4, -0.2) is 26.1 Å². The summed E-state index contributed by atoms with van der Waals surface area (Å²) in [6.45, 7) is 16.0. The first-order chi connectivity index (χ1) is 13.7. The summed E-state index contributed by atoms with van der Waals surface area (Å²) in [6.07, 6.45) is 4.98. The molecule has 2 aliphatic rings. The van der Waals surface area contributed by atoms with Crippen molar-refractivity contribution in [2.45, 2.75) is 89.0 Å². The number of hydrogen-bond acceptors (Lipinski definition) is 2. The van der Waals surface area contributed by atoms with Crippen LogP contribution in [0.5, 0.6) is 0 Å². The minimum atomic E-state index is -1.87. The van der Waals surface area contributed by atoms with Crippen LogP contribution in [0, 0.1) is 11.5 Å². The Bertz CT molecular complexity index is 839. The number of carbonyl (C=O) groups excluding carboxylic acids is 1. The molecule has 1 unspecified atom stereocenters. The molecular formula is C25H36N2OSi. The van der Waals surface area contributed by atoms with E-state index in [1.807, 2.05) is 25.1 Å². The lowest BCUT2D eigenvalue weighted by Gasteiger charge is -2.38. The summed E-state index contributed by atoms with van der Waals surface area (Å²) >= 11 is 0. The Labute approximate surface area is 177 Å². The molecule has 3 atom stereocenters. The Kier molecular flexibility index (Phi) is 6.13. The highest BCUT2D eigenvalue weighted by molar-refractivity contribution is 6.90. The van der Waals surface area contributed by atoms with Crippen LogP contribution in [0.2, 0.25) is 16.6 Å². The number of nitrogens with one attached hydrogen (secondary N) is 2. The molecule has 1 amide bonds. The van der Waals surface area contributed by atoms with Crippen LogP contribution in [0.1, 0.15) is 60.5 Å². The van der Waals surface area contributed by atoms with Crippen molar-refractivity contribution in [2.24, 2.45) is 0 Å². The number of allylic oxidation sites excluding steroid dienone is 1. The molecule has 1 aromatic rings. The van der Waals surface area contributed by atoms with Crippen molar-refractivity contribution in [3.63, 3.8) is 0 Å². The average molecular weight is 409 g/mol. The Morgan fingerprint density at radius 1 is 1.10 bits per heavy atom. The molecule has 1 saturated heterocycles. The van der Waals surface area contributed by atoms with E-state index in [1.165, 1.54) is 0 Å². The SMILES string of the molecule is CC=CC1C[C@]2(C(=O)Nc3ccccc32)[C@@H](C#C[Si](C(C)C)(C(C)C)C(C)C)N1. The van der Waals surface area contributed by atoms with Gasteiger partial charge in [-0.05, 0) is 41.6 Å². The molecule has 0 bridgehead atoms. The van der Waals surface area contributed by atoms with Gasteiger partial charge in [0.05, 0.1) is 6.04 Å². The molecule has 4 heteroatoms. The maximum absolute atomic E-state index is 13.3. The van der Waals surface area contributed by atoms with E-state index in [2.05, 4.69) is 81.9 Å². The number of benzene rings is 1. The molecule has 1 aromatic carbocycles. The number of rotatable bonds is 4. The van der Waals surface area contributed by atoms with E-state index >= 15 is 0 Å². The Morgan fingerprint density at radius 3 is 2.31 bits per heavy atom. The van der Waals surface area contributed by atoms with Gasteiger partial charge in [0.1, 0.15) is 13.5 Å². The minimum absolute atomic E-state index is 0.0865. The highest BCUT2D eigenvalue weighted by Gasteiger charge is 2.57. The van der Waals surface area contributed by atoms with E-state index in [0.29, 0.717) is 16.6 Å². The highest BCUT2D eigenvalue weighted by Crippen LogP contribution is 2.47. The Balaban J connectivity index is 2.13. The largest absolute Gasteiger partial charge is 0.325 e. The quantitative estimate of drug-likeness (QED) is 0.398. The lowest BCUT2D eigenvalue weighted by atomic mass is 9.74. The summed E-state index contributed by atoms with van der Waals surface area (Å²) in [7, 11) is -1.87. The van der Waals surface area contributed by atoms with Gasteiger partial charge in [-0.1, -0.05) is 77.8 Å². The molecular weight excluding hydrogens is 372 g/mol. The van der Waals surface area contributed by atoms with E-state index < -0.39 is 13.5 Å². The third-order valence-electron chi connectivity index (χ3n) is 7.20. The molecule has 2 N–H and O–H groups in total. The van der Waals surface area contributed by atoms with Crippen molar-refractivity contribution >= 4 is 19.7 Å². The van der Waals surface area contributed by atoms with Crippen LogP contribution in [-0.2, 0) is 10.2 Å². The fourth-order valence-electron chi connectivity index (χ4n) is 5.86. The van der Waals surface area contributed by atoms with Gasteiger partial charge in [-0.2, -0.15) is 0 Å². The standard InChI is InChI=1S/C25H36N2OSi/c1-8-11-20-16-25(21-12-9-10-13-22(21)27-24(25)28)23(26-20)14-15-29(17(2)3,18(4)5)19(6)7/h8-13,17-20,23,26H,16H2,1-7H3,(H,27,28)/t20?,23-,25-/m1/s1. The third kappa shape index (κ3) is 3.39. The van der Waals surface area contributed by atoms with Crippen LogP contribution in [0.15, 0.2) is 36.4 Å². The van der Waals surface area contributed by atoms with Gasteiger partial charge in [-0.3, -0.25) is 10.1 Å². The molecule has 1 spiro atoms. The zero-order valence-corrected chi connectivity index (χ0v) is 20.0. The van der Waals surface area contributed by atoms with Gasteiger partial charge in [0.25, 0.3) is 0 Å². The molecule has 29 heavy (non-hydrogen) atoms. The Morgan fingerprint density at radius 2 is 1.72 bits per heavy atom. The first kappa shape index (κ1) is 21.9. The molecule has 3 nitrogen and oxygen atoms in total. The Hall–Kier alpha value is -1.83. The minimum Gasteiger partial charge on any atom is -0.325 e. The van der Waals surface area contributed by atoms with Crippen LogP contribution in [0.3, 0.4) is 0 Å². The second kappa shape index (κ2) is 8.12. The first-order valence-corrected chi connectivity index (χ1v) is 13.3. The fourth-order valence-corrected chi connectivity index (χ4v) is 11.1. The predicted octanol–water partition coefficient (Wildman–Crippen LogP) is 5.40. The molecule has 3 rings (SSSR count). The van der Waals surface area contributed by atoms with Crippen LogP contribution in [0.4, 0.5) is 5.69 Å². The van der Waals surface area contributed by atoms with Gasteiger partial charge in [-0.25, -0.2) is 0 Å². The molecule has 2 aliphatic heterocycles. The number of hydrogen-bond donors (Lipinski definition) is 2. The fraction of sp³-hybridized carbons (Fsp3) is 0.560. The molecule has 0 saturated carbocycles. The molecule has 2 heterocycles. The summed E-state index contributed by atoms with van der Waals surface area (Å²) in [5.41, 5.74) is 7.00. The van der Waals surface area contributed by atoms with Crippen molar-refractivity contribution in [1.29, 1.82) is 0 Å². The second-order valence-electron chi connectivity index (χ2n) is 9.57. The van der Waals surface area contributed by atoms with Crippen molar-refractivity contribution < 1.29 is 4.79 Å². The van der Waals surface area contributed by atoms with E-state index in [0.717, 1.165) is 17.7 Å². The van der Waals surface area contributed by atoms with E-state index in [1.54, 1.807) is 0 Å². The van der Waals surface area contributed by atoms with E-state index in [-0.39, 0.29) is 18.0 Å². The number of para-hydroxylation sites is 1. The number of carbonyl (C=O) groups is 1. The number of fused-ring (bicyclic) bond motifs is 2. The highest BCUT2D eigenvalue weighted by atomic mass is 28.3. The van der Waals surface area contributed by atoms with E-state index in [9.17, 15) is 4.79 Å². The van der Waals surface area contributed by atoms with Gasteiger partial charge in [0.15, 0.2) is 0 Å². The third-order valence-corrected chi connectivity index (χ3v) is 13.5. The van der Waals surface area contributed by atoms with Crippen LogP contribution >= 0.6 is 0 Å². The smallest absolute Gasteiger partial charge is 0.237 e. The molecule has 0 aromatic heterocycles. The van der Waals surface area contributed by atoms with Crippen LogP contribution in [0.25, 0.3) is 0 Å². The summed E-state index contributed by atoms with van der Waals surface area (Å²) < 4.78 is 0. The lowest BCUT2D eigenvalue weighted by molar-refractivity contribution is -0.120. The zero-order valence-electron chi connectivity index (χ0n) is 19.0. The maximum atomic E-state index is 13.3. The second-order valence-corrected chi connectivity index (χ2v) is 15.2. The van der Waals surface area contributed by atoms with E-state index in [4.69, 9.17) is 0 Å². The van der Waals surface area contributed by atoms with Gasteiger partial charge >= 0.3 is 0 Å². The van der Waals surface area contributed by atoms with Gasteiger partial charge < -0.3 is 5.32 Å². The molecule has 0 aliphatic carbocycles. The monoisotopic (exact) mass is 408 g/mol. The van der Waals surface area contributed by atoms with Crippen LogP contribution < -0.4 is 10.6 Å². The lowest BCUT2D eigenvalue weighted by Crippen LogP contribution is -2.47. The van der Waals surface area contributed by atoms with Crippen molar-refractivity contribution in [1.82, 2.24) is 5.32 Å². The topological polar surface area (TPSA) is 41.1 Å². The predicted molar refractivity (Wildman–Crippen MR) is 126 cm³/mol. The summed E-state index contributed by atoms with van der Waals surface area (Å²) in [4.78, 5) is 13.3. The summed E-state index contributed by atoms with van der Waals surface area (Å²) in [5, 5.41) is 6.82. The molecule has 0 radical (unpaired) electrons. The molecule has 1 fully saturated rings. The number of anilines is 1. The average Bonchev–Trinajstić information content (AvgIpc) is 3.14. The van der Waals surface area contributed by atoms with Gasteiger partial charge in [-0.15, -0.1) is 5.54 Å². The zero-order chi connectivity index (χ0) is 21.4. The summed E-state index contributed by atoms with van der Waals surface area (Å²) in [5.74, 6) is 3.75. The van der Waals surface area contributed by atoms with Gasteiger partial charge in [0.2, 0.25) is 5.91 Å². The number of amides is 1. The van der Waals surface area contributed by atoms with Crippen molar-refractivity contribution in [3.05, 3.63) is 42.0 Å². The normalized spacial score (nSPS) is 26.5. The van der Waals surface area contributed by atoms with Crippen molar-refractivity contribution in [2.75, 3.05) is 5.32 Å². The maximum Gasteiger partial charge on any atom is 0.237 e.